The number of allylic oxidation sites excluding steroid dienone is 6. The maximum atomic E-state index is 10.7. The maximum absolute atomic E-state index is 10.7. The molecule has 2 aliphatic carbocycles. The molecule has 0 saturated heterocycles. The molecule has 172 valence electrons. The van der Waals surface area contributed by atoms with Crippen LogP contribution in [0, 0.1) is 10.8 Å². The second kappa shape index (κ2) is 9.09. The largest absolute Gasteiger partial charge is 0.508 e. The van der Waals surface area contributed by atoms with Crippen LogP contribution in [-0.2, 0) is 0 Å². The molecule has 2 aromatic rings. The van der Waals surface area contributed by atoms with Gasteiger partial charge in [-0.05, 0) is 64.5 Å². The van der Waals surface area contributed by atoms with Gasteiger partial charge in [0.15, 0.2) is 0 Å². The summed E-state index contributed by atoms with van der Waals surface area (Å²) in [6.07, 6.45) is 11.2. The van der Waals surface area contributed by atoms with Crippen molar-refractivity contribution >= 4 is 0 Å². The Kier molecular flexibility index (Phi) is 6.38. The van der Waals surface area contributed by atoms with E-state index in [1.807, 2.05) is 24.3 Å². The molecule has 0 aromatic heterocycles. The number of aliphatic hydroxyl groups excluding tert-OH is 2. The highest BCUT2D eigenvalue weighted by atomic mass is 16.3. The van der Waals surface area contributed by atoms with Crippen LogP contribution in [0.3, 0.4) is 0 Å². The molecule has 2 aromatic carbocycles. The van der Waals surface area contributed by atoms with E-state index in [0.717, 1.165) is 30.4 Å². The van der Waals surface area contributed by atoms with Gasteiger partial charge in [-0.15, -0.1) is 0 Å². The zero-order valence-electron chi connectivity index (χ0n) is 20.3. The van der Waals surface area contributed by atoms with Gasteiger partial charge in [0.25, 0.3) is 0 Å². The fourth-order valence-corrected chi connectivity index (χ4v) is 5.62. The standard InChI is InChI=1S/C31H36O2/c1-22(24-11-7-5-8-12-24)26-19-30(3,17-15-28(26)32)21-31(4)18-16-29(33)27(20-31)23(2)25-13-9-6-10-14-25/h5-16,19-20,22-23,32-33H,17-18,21H2,1-4H3. The third kappa shape index (κ3) is 5.00. The van der Waals surface area contributed by atoms with E-state index < -0.39 is 0 Å². The van der Waals surface area contributed by atoms with E-state index in [1.54, 1.807) is 0 Å². The molecule has 0 bridgehead atoms. The number of aliphatic hydroxyl groups is 2. The normalized spacial score (nSPS) is 27.0. The number of rotatable bonds is 6. The van der Waals surface area contributed by atoms with E-state index in [4.69, 9.17) is 0 Å². The Bertz CT molecular complexity index is 1020. The van der Waals surface area contributed by atoms with Crippen molar-refractivity contribution in [3.63, 3.8) is 0 Å². The molecule has 33 heavy (non-hydrogen) atoms. The fraction of sp³-hybridized carbons (Fsp3) is 0.355. The molecule has 4 atom stereocenters. The van der Waals surface area contributed by atoms with E-state index in [0.29, 0.717) is 11.5 Å². The van der Waals surface area contributed by atoms with Gasteiger partial charge >= 0.3 is 0 Å². The zero-order valence-corrected chi connectivity index (χ0v) is 20.3. The molecule has 0 amide bonds. The van der Waals surface area contributed by atoms with Gasteiger partial charge in [0.1, 0.15) is 11.5 Å². The minimum Gasteiger partial charge on any atom is -0.508 e. The van der Waals surface area contributed by atoms with E-state index >= 15 is 0 Å². The molecule has 2 nitrogen and oxygen atoms in total. The van der Waals surface area contributed by atoms with Crippen LogP contribution in [0.15, 0.2) is 108 Å². The summed E-state index contributed by atoms with van der Waals surface area (Å²) in [5.74, 6) is 1.08. The summed E-state index contributed by atoms with van der Waals surface area (Å²) in [4.78, 5) is 0. The van der Waals surface area contributed by atoms with Gasteiger partial charge in [0, 0.05) is 11.8 Å². The molecule has 0 heterocycles. The van der Waals surface area contributed by atoms with Crippen LogP contribution in [0.2, 0.25) is 0 Å². The van der Waals surface area contributed by atoms with E-state index in [1.165, 1.54) is 11.1 Å². The lowest BCUT2D eigenvalue weighted by Gasteiger charge is -2.40. The van der Waals surface area contributed by atoms with Crippen LogP contribution in [0.4, 0.5) is 0 Å². The quantitative estimate of drug-likeness (QED) is 0.472. The molecule has 0 fully saturated rings. The summed E-state index contributed by atoms with van der Waals surface area (Å²) in [6.45, 7) is 8.93. The van der Waals surface area contributed by atoms with Crippen molar-refractivity contribution < 1.29 is 10.2 Å². The second-order valence-electron chi connectivity index (χ2n) is 10.5. The summed E-state index contributed by atoms with van der Waals surface area (Å²) in [5.41, 5.74) is 4.30. The van der Waals surface area contributed by atoms with Crippen molar-refractivity contribution in [3.05, 3.63) is 119 Å². The fourth-order valence-electron chi connectivity index (χ4n) is 5.62. The van der Waals surface area contributed by atoms with Gasteiger partial charge in [-0.2, -0.15) is 0 Å². The first-order chi connectivity index (χ1) is 15.7. The lowest BCUT2D eigenvalue weighted by molar-refractivity contribution is 0.238. The van der Waals surface area contributed by atoms with Gasteiger partial charge in [0.05, 0.1) is 0 Å². The summed E-state index contributed by atoms with van der Waals surface area (Å²) in [7, 11) is 0. The molecular formula is C31H36O2. The van der Waals surface area contributed by atoms with Crippen LogP contribution < -0.4 is 0 Å². The van der Waals surface area contributed by atoms with Gasteiger partial charge in [-0.1, -0.05) is 101 Å². The van der Waals surface area contributed by atoms with Gasteiger partial charge in [-0.25, -0.2) is 0 Å². The number of benzene rings is 2. The van der Waals surface area contributed by atoms with Crippen molar-refractivity contribution in [3.8, 4) is 0 Å². The van der Waals surface area contributed by atoms with Crippen molar-refractivity contribution in [2.24, 2.45) is 10.8 Å². The molecule has 0 saturated carbocycles. The maximum Gasteiger partial charge on any atom is 0.115 e. The average molecular weight is 441 g/mol. The Hall–Kier alpha value is -3.00. The summed E-state index contributed by atoms with van der Waals surface area (Å²) in [6, 6.07) is 20.8. The Morgan fingerprint density at radius 1 is 0.667 bits per heavy atom. The minimum atomic E-state index is -0.0717. The molecule has 0 radical (unpaired) electrons. The van der Waals surface area contributed by atoms with Crippen molar-refractivity contribution in [1.82, 2.24) is 0 Å². The highest BCUT2D eigenvalue weighted by Crippen LogP contribution is 2.49. The minimum absolute atomic E-state index is 0.0717. The summed E-state index contributed by atoms with van der Waals surface area (Å²) >= 11 is 0. The first-order valence-electron chi connectivity index (χ1n) is 12.0. The monoisotopic (exact) mass is 440 g/mol. The third-order valence-corrected chi connectivity index (χ3v) is 7.46. The van der Waals surface area contributed by atoms with E-state index in [2.05, 4.69) is 88.4 Å². The lowest BCUT2D eigenvalue weighted by Crippen LogP contribution is -2.29. The SMILES string of the molecule is CC(C1=CC(C)(CC2(C)C=C(C(C)c3ccccc3)C(O)=CC2)CC=C1O)c1ccccc1. The molecule has 0 aliphatic heterocycles. The topological polar surface area (TPSA) is 40.5 Å². The molecule has 4 rings (SSSR count). The van der Waals surface area contributed by atoms with Gasteiger partial charge in [0.2, 0.25) is 0 Å². The Labute approximate surface area is 198 Å². The summed E-state index contributed by atoms with van der Waals surface area (Å²) in [5, 5.41) is 21.4. The molecule has 0 spiro atoms. The van der Waals surface area contributed by atoms with E-state index in [-0.39, 0.29) is 22.7 Å². The van der Waals surface area contributed by atoms with E-state index in [9.17, 15) is 10.2 Å². The summed E-state index contributed by atoms with van der Waals surface area (Å²) < 4.78 is 0. The van der Waals surface area contributed by atoms with Crippen LogP contribution in [0.25, 0.3) is 0 Å². The first kappa shape index (κ1) is 23.2. The Balaban J connectivity index is 1.61. The highest BCUT2D eigenvalue weighted by Gasteiger charge is 2.37. The first-order valence-corrected chi connectivity index (χ1v) is 12.0. The molecule has 4 unspecified atom stereocenters. The predicted octanol–water partition coefficient (Wildman–Crippen LogP) is 8.54. The number of hydrogen-bond acceptors (Lipinski definition) is 2. The van der Waals surface area contributed by atoms with Crippen molar-refractivity contribution in [1.29, 1.82) is 0 Å². The molecule has 2 N–H and O–H groups in total. The lowest BCUT2D eigenvalue weighted by atomic mass is 9.64. The van der Waals surface area contributed by atoms with Gasteiger partial charge in [-0.3, -0.25) is 0 Å². The van der Waals surface area contributed by atoms with Gasteiger partial charge < -0.3 is 10.2 Å². The van der Waals surface area contributed by atoms with Crippen LogP contribution in [0.1, 0.15) is 69.9 Å². The highest BCUT2D eigenvalue weighted by molar-refractivity contribution is 5.43. The van der Waals surface area contributed by atoms with Crippen molar-refractivity contribution in [2.75, 3.05) is 0 Å². The molecular weight excluding hydrogens is 404 g/mol. The molecule has 2 aliphatic rings. The van der Waals surface area contributed by atoms with Crippen LogP contribution in [-0.4, -0.2) is 10.2 Å². The Morgan fingerprint density at radius 3 is 1.39 bits per heavy atom. The van der Waals surface area contributed by atoms with Crippen LogP contribution >= 0.6 is 0 Å². The third-order valence-electron chi connectivity index (χ3n) is 7.46. The second-order valence-corrected chi connectivity index (χ2v) is 10.5. The Morgan fingerprint density at radius 2 is 1.03 bits per heavy atom. The number of hydrogen-bond donors (Lipinski definition) is 2. The molecule has 2 heteroatoms. The zero-order chi connectivity index (χ0) is 23.6. The smallest absolute Gasteiger partial charge is 0.115 e. The van der Waals surface area contributed by atoms with Crippen molar-refractivity contribution in [2.45, 2.75) is 58.8 Å². The predicted molar refractivity (Wildman–Crippen MR) is 137 cm³/mol. The average Bonchev–Trinajstić information content (AvgIpc) is 2.82. The van der Waals surface area contributed by atoms with Crippen LogP contribution in [0.5, 0.6) is 0 Å².